The zero-order chi connectivity index (χ0) is 15.7. The summed E-state index contributed by atoms with van der Waals surface area (Å²) in [5.41, 5.74) is 1.29. The van der Waals surface area contributed by atoms with E-state index in [1.165, 1.54) is 11.8 Å². The summed E-state index contributed by atoms with van der Waals surface area (Å²) >= 11 is 0. The van der Waals surface area contributed by atoms with Gasteiger partial charge in [0.2, 0.25) is 0 Å². The Bertz CT molecular complexity index is 567. The summed E-state index contributed by atoms with van der Waals surface area (Å²) in [5, 5.41) is 9.24. The van der Waals surface area contributed by atoms with Crippen LogP contribution in [-0.2, 0) is 16.2 Å². The van der Waals surface area contributed by atoms with Crippen molar-refractivity contribution in [1.29, 1.82) is 0 Å². The van der Waals surface area contributed by atoms with Crippen LogP contribution in [0.1, 0.15) is 33.3 Å². The molecule has 1 aromatic rings. The predicted molar refractivity (Wildman–Crippen MR) is 79.2 cm³/mol. The number of carbonyl (C=O) groups excluding carboxylic acids is 2. The van der Waals surface area contributed by atoms with Crippen molar-refractivity contribution >= 4 is 17.4 Å². The quantitative estimate of drug-likeness (QED) is 0.920. The van der Waals surface area contributed by atoms with Gasteiger partial charge in [0.1, 0.15) is 5.75 Å². The lowest BCUT2D eigenvalue weighted by Crippen LogP contribution is -2.53. The van der Waals surface area contributed by atoms with Gasteiger partial charge in [0, 0.05) is 0 Å². The van der Waals surface area contributed by atoms with Crippen LogP contribution in [0.25, 0.3) is 0 Å². The summed E-state index contributed by atoms with van der Waals surface area (Å²) in [6.45, 7) is 6.89. The molecule has 2 atom stereocenters. The third kappa shape index (κ3) is 2.78. The van der Waals surface area contributed by atoms with Gasteiger partial charge in [-0.15, -0.1) is 0 Å². The number of aliphatic hydroxyl groups is 1. The summed E-state index contributed by atoms with van der Waals surface area (Å²) in [4.78, 5) is 25.9. The number of ether oxygens (including phenoxy) is 1. The van der Waals surface area contributed by atoms with Crippen LogP contribution in [-0.4, -0.2) is 28.9 Å². The minimum absolute atomic E-state index is 0.00918. The van der Waals surface area contributed by atoms with Crippen molar-refractivity contribution in [3.63, 3.8) is 0 Å². The fourth-order valence-electron chi connectivity index (χ4n) is 2.40. The van der Waals surface area contributed by atoms with E-state index in [9.17, 15) is 14.7 Å². The first kappa shape index (κ1) is 15.5. The van der Waals surface area contributed by atoms with E-state index in [0.717, 1.165) is 0 Å². The topological polar surface area (TPSA) is 66.8 Å². The van der Waals surface area contributed by atoms with Gasteiger partial charge in [-0.2, -0.15) is 0 Å². The van der Waals surface area contributed by atoms with E-state index in [0.29, 0.717) is 17.0 Å². The van der Waals surface area contributed by atoms with Gasteiger partial charge in [-0.25, -0.2) is 0 Å². The second-order valence-electron chi connectivity index (χ2n) is 5.74. The van der Waals surface area contributed by atoms with Gasteiger partial charge in [0.05, 0.1) is 18.3 Å². The van der Waals surface area contributed by atoms with Crippen molar-refractivity contribution in [3.05, 3.63) is 23.8 Å². The van der Waals surface area contributed by atoms with Gasteiger partial charge in [0.25, 0.3) is 5.91 Å². The first-order chi connectivity index (χ1) is 9.86. The molecule has 0 spiro atoms. The molecule has 1 N–H and O–H groups in total. The molecule has 1 aliphatic rings. The van der Waals surface area contributed by atoms with E-state index in [1.54, 1.807) is 25.1 Å². The van der Waals surface area contributed by atoms with Gasteiger partial charge in [-0.3, -0.25) is 14.5 Å². The third-order valence-corrected chi connectivity index (χ3v) is 3.78. The lowest BCUT2D eigenvalue weighted by molar-refractivity contribution is -0.131. The number of fused-ring (bicyclic) bond motifs is 1. The monoisotopic (exact) mass is 291 g/mol. The van der Waals surface area contributed by atoms with E-state index in [-0.39, 0.29) is 24.2 Å². The molecule has 1 aromatic carbocycles. The lowest BCUT2D eigenvalue weighted by Gasteiger charge is -2.38. The maximum Gasteiger partial charge on any atom is 0.269 e. The molecular weight excluding hydrogens is 270 g/mol. The molecule has 0 aliphatic carbocycles. The lowest BCUT2D eigenvalue weighted by atomic mass is 10.0. The minimum Gasteiger partial charge on any atom is -0.478 e. The second-order valence-corrected chi connectivity index (χ2v) is 5.74. The summed E-state index contributed by atoms with van der Waals surface area (Å²) in [6, 6.07) is 4.62. The van der Waals surface area contributed by atoms with Crippen LogP contribution in [0.2, 0.25) is 0 Å². The van der Waals surface area contributed by atoms with Crippen LogP contribution in [0.5, 0.6) is 5.75 Å². The number of Topliss-reactive ketones (excluding diaryl/α,β-unsaturated/α-hetero) is 1. The highest BCUT2D eigenvalue weighted by molar-refractivity contribution is 6.05. The molecule has 1 aliphatic heterocycles. The molecule has 0 saturated carbocycles. The zero-order valence-electron chi connectivity index (χ0n) is 12.8. The second kappa shape index (κ2) is 5.85. The van der Waals surface area contributed by atoms with Crippen molar-refractivity contribution in [2.45, 2.75) is 46.4 Å². The average molecular weight is 291 g/mol. The fraction of sp³-hybridized carbons (Fsp3) is 0.500. The van der Waals surface area contributed by atoms with Crippen molar-refractivity contribution in [2.24, 2.45) is 5.92 Å². The molecule has 0 aromatic heterocycles. The largest absolute Gasteiger partial charge is 0.478 e. The molecule has 5 nitrogen and oxygen atoms in total. The number of hydrogen-bond acceptors (Lipinski definition) is 4. The Balaban J connectivity index is 2.53. The van der Waals surface area contributed by atoms with Crippen LogP contribution in [0.4, 0.5) is 5.69 Å². The number of ketones is 1. The first-order valence-electron chi connectivity index (χ1n) is 7.10. The van der Waals surface area contributed by atoms with E-state index >= 15 is 0 Å². The highest BCUT2D eigenvalue weighted by Crippen LogP contribution is 2.37. The Hall–Kier alpha value is -1.88. The van der Waals surface area contributed by atoms with Gasteiger partial charge in [-0.1, -0.05) is 19.9 Å². The van der Waals surface area contributed by atoms with E-state index in [1.807, 2.05) is 13.8 Å². The van der Waals surface area contributed by atoms with Crippen LogP contribution in [0.3, 0.4) is 0 Å². The Kier molecular flexibility index (Phi) is 4.32. The number of anilines is 1. The Morgan fingerprint density at radius 2 is 2.05 bits per heavy atom. The summed E-state index contributed by atoms with van der Waals surface area (Å²) < 4.78 is 5.79. The normalized spacial score (nSPS) is 19.2. The molecule has 5 heteroatoms. The number of aliphatic hydroxyl groups excluding tert-OH is 1. The van der Waals surface area contributed by atoms with Crippen molar-refractivity contribution < 1.29 is 19.4 Å². The number of carbonyl (C=O) groups is 2. The standard InChI is InChI=1S/C16H21NO4/c1-9(2)15-16(20)17(10(3)11(4)19)13-6-5-12(8-18)7-14(13)21-15/h5-7,9-10,15,18H,8H2,1-4H3. The molecule has 21 heavy (non-hydrogen) atoms. The maximum absolute atomic E-state index is 12.6. The molecule has 114 valence electrons. The SMILES string of the molecule is CC(=O)C(C)N1C(=O)C(C(C)C)Oc2cc(CO)ccc21. The number of benzene rings is 1. The van der Waals surface area contributed by atoms with Crippen molar-refractivity contribution in [1.82, 2.24) is 0 Å². The number of rotatable bonds is 4. The van der Waals surface area contributed by atoms with Gasteiger partial charge >= 0.3 is 0 Å². The molecule has 2 rings (SSSR count). The summed E-state index contributed by atoms with van der Waals surface area (Å²) in [7, 11) is 0. The van der Waals surface area contributed by atoms with E-state index < -0.39 is 12.1 Å². The third-order valence-electron chi connectivity index (χ3n) is 3.78. The van der Waals surface area contributed by atoms with E-state index in [4.69, 9.17) is 4.74 Å². The molecule has 2 unspecified atom stereocenters. The summed E-state index contributed by atoms with van der Waals surface area (Å²) in [5.74, 6) is 0.250. The Labute approximate surface area is 124 Å². The first-order valence-corrected chi connectivity index (χ1v) is 7.10. The van der Waals surface area contributed by atoms with Crippen LogP contribution in [0.15, 0.2) is 18.2 Å². The van der Waals surface area contributed by atoms with Crippen LogP contribution < -0.4 is 9.64 Å². The van der Waals surface area contributed by atoms with E-state index in [2.05, 4.69) is 0 Å². The molecule has 0 radical (unpaired) electrons. The Morgan fingerprint density at radius 3 is 2.57 bits per heavy atom. The number of hydrogen-bond donors (Lipinski definition) is 1. The average Bonchev–Trinajstić information content (AvgIpc) is 2.45. The molecular formula is C16H21NO4. The molecule has 0 fully saturated rings. The smallest absolute Gasteiger partial charge is 0.269 e. The van der Waals surface area contributed by atoms with Crippen molar-refractivity contribution in [2.75, 3.05) is 4.90 Å². The van der Waals surface area contributed by atoms with Crippen LogP contribution >= 0.6 is 0 Å². The molecule has 1 heterocycles. The molecule has 0 saturated heterocycles. The highest BCUT2D eigenvalue weighted by atomic mass is 16.5. The van der Waals surface area contributed by atoms with Gasteiger partial charge in [0.15, 0.2) is 11.9 Å². The highest BCUT2D eigenvalue weighted by Gasteiger charge is 2.39. The zero-order valence-corrected chi connectivity index (χ0v) is 12.8. The minimum atomic E-state index is -0.617. The Morgan fingerprint density at radius 1 is 1.38 bits per heavy atom. The molecule has 1 amide bonds. The predicted octanol–water partition coefficient (Wildman–Crippen LogP) is 1.91. The number of amides is 1. The van der Waals surface area contributed by atoms with Crippen LogP contribution in [0, 0.1) is 5.92 Å². The summed E-state index contributed by atoms with van der Waals surface area (Å²) in [6.07, 6.45) is -0.617. The fourth-order valence-corrected chi connectivity index (χ4v) is 2.40. The van der Waals surface area contributed by atoms with Gasteiger partial charge in [-0.05, 0) is 37.5 Å². The molecule has 0 bridgehead atoms. The number of nitrogens with zero attached hydrogens (tertiary/aromatic N) is 1. The van der Waals surface area contributed by atoms with Gasteiger partial charge < -0.3 is 9.84 Å². The maximum atomic E-state index is 12.6. The van der Waals surface area contributed by atoms with Crippen molar-refractivity contribution in [3.8, 4) is 5.75 Å².